The Balaban J connectivity index is 2.09. The summed E-state index contributed by atoms with van der Waals surface area (Å²) in [6, 6.07) is -0.387. The first-order valence-electron chi connectivity index (χ1n) is 7.41. The number of nitrogens with zero attached hydrogens (tertiary/aromatic N) is 4. The van der Waals surface area contributed by atoms with Crippen molar-refractivity contribution in [1.29, 1.82) is 0 Å². The van der Waals surface area contributed by atoms with Crippen molar-refractivity contribution in [2.75, 3.05) is 6.54 Å². The van der Waals surface area contributed by atoms with Gasteiger partial charge >= 0.3 is 5.97 Å². The molecule has 112 valence electrons. The molecule has 1 aliphatic heterocycles. The Morgan fingerprint density at radius 1 is 1.45 bits per heavy atom. The lowest BCUT2D eigenvalue weighted by Crippen LogP contribution is -2.40. The van der Waals surface area contributed by atoms with Gasteiger partial charge in [0.05, 0.1) is 6.54 Å². The summed E-state index contributed by atoms with van der Waals surface area (Å²) < 4.78 is 1.90. The molecule has 1 aromatic rings. The molecule has 1 saturated heterocycles. The van der Waals surface area contributed by atoms with Crippen LogP contribution in [0.2, 0.25) is 0 Å². The van der Waals surface area contributed by atoms with Gasteiger partial charge in [-0.2, -0.15) is 5.10 Å². The van der Waals surface area contributed by atoms with E-state index in [1.165, 1.54) is 0 Å². The Bertz CT molecular complexity index is 444. The fourth-order valence-corrected chi connectivity index (χ4v) is 2.73. The van der Waals surface area contributed by atoms with Crippen molar-refractivity contribution in [1.82, 2.24) is 19.7 Å². The van der Waals surface area contributed by atoms with Crippen molar-refractivity contribution in [3.8, 4) is 0 Å². The summed E-state index contributed by atoms with van der Waals surface area (Å²) >= 11 is 0. The fourth-order valence-electron chi connectivity index (χ4n) is 2.73. The molecular weight excluding hydrogens is 256 g/mol. The number of aliphatic carboxylic acids is 1. The molecule has 0 bridgehead atoms. The van der Waals surface area contributed by atoms with Gasteiger partial charge in [0, 0.05) is 6.54 Å². The molecule has 0 amide bonds. The lowest BCUT2D eigenvalue weighted by atomic mass is 10.1. The van der Waals surface area contributed by atoms with Crippen LogP contribution in [-0.2, 0) is 17.9 Å². The van der Waals surface area contributed by atoms with E-state index < -0.39 is 5.97 Å². The molecule has 1 aliphatic rings. The van der Waals surface area contributed by atoms with Crippen LogP contribution >= 0.6 is 0 Å². The van der Waals surface area contributed by atoms with Gasteiger partial charge in [0.15, 0.2) is 0 Å². The molecule has 0 aromatic carbocycles. The van der Waals surface area contributed by atoms with E-state index in [1.807, 2.05) is 9.58 Å². The van der Waals surface area contributed by atoms with Crippen LogP contribution in [0.15, 0.2) is 6.33 Å². The molecular formula is C14H24N4O2. The SMILES string of the molecule is CC(C)Cn1ncnc1CN1CCCCCC1C(=O)O. The Morgan fingerprint density at radius 2 is 2.25 bits per heavy atom. The molecule has 1 fully saturated rings. The first kappa shape index (κ1) is 15.0. The third-order valence-corrected chi connectivity index (χ3v) is 3.73. The van der Waals surface area contributed by atoms with E-state index in [1.54, 1.807) is 6.33 Å². The van der Waals surface area contributed by atoms with E-state index in [9.17, 15) is 9.90 Å². The second-order valence-corrected chi connectivity index (χ2v) is 5.93. The Morgan fingerprint density at radius 3 is 2.95 bits per heavy atom. The summed E-state index contributed by atoms with van der Waals surface area (Å²) in [4.78, 5) is 17.8. The van der Waals surface area contributed by atoms with Gasteiger partial charge in [-0.05, 0) is 25.3 Å². The van der Waals surface area contributed by atoms with Crippen molar-refractivity contribution in [3.05, 3.63) is 12.2 Å². The smallest absolute Gasteiger partial charge is 0.320 e. The van der Waals surface area contributed by atoms with Gasteiger partial charge in [0.25, 0.3) is 0 Å². The lowest BCUT2D eigenvalue weighted by Gasteiger charge is -2.26. The summed E-state index contributed by atoms with van der Waals surface area (Å²) in [5.74, 6) is 0.642. The molecule has 1 unspecified atom stereocenters. The second-order valence-electron chi connectivity index (χ2n) is 5.93. The van der Waals surface area contributed by atoms with E-state index >= 15 is 0 Å². The van der Waals surface area contributed by atoms with Gasteiger partial charge < -0.3 is 5.11 Å². The van der Waals surface area contributed by atoms with E-state index in [0.717, 1.165) is 44.6 Å². The van der Waals surface area contributed by atoms with Crippen molar-refractivity contribution in [2.45, 2.75) is 58.7 Å². The maximum Gasteiger partial charge on any atom is 0.320 e. The lowest BCUT2D eigenvalue weighted by molar-refractivity contribution is -0.143. The zero-order valence-corrected chi connectivity index (χ0v) is 12.3. The minimum Gasteiger partial charge on any atom is -0.480 e. The highest BCUT2D eigenvalue weighted by Crippen LogP contribution is 2.19. The monoisotopic (exact) mass is 280 g/mol. The highest BCUT2D eigenvalue weighted by Gasteiger charge is 2.28. The van der Waals surface area contributed by atoms with Crippen LogP contribution in [-0.4, -0.2) is 43.3 Å². The number of hydrogen-bond acceptors (Lipinski definition) is 4. The third kappa shape index (κ3) is 3.79. The number of carboxylic acids is 1. The number of hydrogen-bond donors (Lipinski definition) is 1. The van der Waals surface area contributed by atoms with Crippen LogP contribution in [0.5, 0.6) is 0 Å². The average Bonchev–Trinajstić information content (AvgIpc) is 2.66. The number of rotatable bonds is 5. The molecule has 1 atom stereocenters. The predicted molar refractivity (Wildman–Crippen MR) is 75.2 cm³/mol. The van der Waals surface area contributed by atoms with Crippen LogP contribution < -0.4 is 0 Å². The Labute approximate surface area is 119 Å². The summed E-state index contributed by atoms with van der Waals surface area (Å²) in [7, 11) is 0. The molecule has 0 radical (unpaired) electrons. The van der Waals surface area contributed by atoms with Gasteiger partial charge in [0.1, 0.15) is 18.2 Å². The standard InChI is InChI=1S/C14H24N4O2/c1-11(2)8-18-13(15-10-16-18)9-17-7-5-3-4-6-12(17)14(19)20/h10-12H,3-9H2,1-2H3,(H,19,20). The first-order chi connectivity index (χ1) is 9.58. The van der Waals surface area contributed by atoms with Gasteiger partial charge in [-0.3, -0.25) is 9.69 Å². The van der Waals surface area contributed by atoms with Crippen LogP contribution in [0.3, 0.4) is 0 Å². The maximum absolute atomic E-state index is 11.4. The summed E-state index contributed by atoms with van der Waals surface area (Å²) in [6.45, 7) is 6.49. The van der Waals surface area contributed by atoms with Gasteiger partial charge in [-0.1, -0.05) is 26.7 Å². The minimum atomic E-state index is -0.721. The first-order valence-corrected chi connectivity index (χ1v) is 7.41. The molecule has 6 heteroatoms. The van der Waals surface area contributed by atoms with E-state index in [2.05, 4.69) is 23.9 Å². The Hall–Kier alpha value is -1.43. The number of likely N-dealkylation sites (tertiary alicyclic amines) is 1. The maximum atomic E-state index is 11.4. The van der Waals surface area contributed by atoms with E-state index in [-0.39, 0.29) is 6.04 Å². The van der Waals surface area contributed by atoms with Crippen molar-refractivity contribution in [2.24, 2.45) is 5.92 Å². The van der Waals surface area contributed by atoms with Crippen LogP contribution in [0, 0.1) is 5.92 Å². The number of aromatic nitrogens is 3. The Kier molecular flexibility index (Phi) is 5.11. The minimum absolute atomic E-state index is 0.387. The zero-order valence-electron chi connectivity index (χ0n) is 12.3. The molecule has 1 N–H and O–H groups in total. The fraction of sp³-hybridized carbons (Fsp3) is 0.786. The quantitative estimate of drug-likeness (QED) is 0.890. The van der Waals surface area contributed by atoms with Crippen molar-refractivity contribution < 1.29 is 9.90 Å². The van der Waals surface area contributed by atoms with Crippen LogP contribution in [0.4, 0.5) is 0 Å². The molecule has 20 heavy (non-hydrogen) atoms. The van der Waals surface area contributed by atoms with Gasteiger partial charge in [0.2, 0.25) is 0 Å². The van der Waals surface area contributed by atoms with Gasteiger partial charge in [-0.15, -0.1) is 0 Å². The molecule has 6 nitrogen and oxygen atoms in total. The largest absolute Gasteiger partial charge is 0.480 e. The topological polar surface area (TPSA) is 71.2 Å². The third-order valence-electron chi connectivity index (χ3n) is 3.73. The zero-order chi connectivity index (χ0) is 14.5. The predicted octanol–water partition coefficient (Wildman–Crippen LogP) is 1.76. The molecule has 0 saturated carbocycles. The second kappa shape index (κ2) is 6.83. The molecule has 1 aromatic heterocycles. The molecule has 0 aliphatic carbocycles. The molecule has 2 rings (SSSR count). The molecule has 2 heterocycles. The van der Waals surface area contributed by atoms with Crippen LogP contribution in [0.1, 0.15) is 45.4 Å². The van der Waals surface area contributed by atoms with Crippen LogP contribution in [0.25, 0.3) is 0 Å². The van der Waals surface area contributed by atoms with Crippen molar-refractivity contribution >= 4 is 5.97 Å². The number of carbonyl (C=O) groups is 1. The van der Waals surface area contributed by atoms with E-state index in [0.29, 0.717) is 12.5 Å². The highest BCUT2D eigenvalue weighted by atomic mass is 16.4. The van der Waals surface area contributed by atoms with Crippen molar-refractivity contribution in [3.63, 3.8) is 0 Å². The normalized spacial score (nSPS) is 21.1. The number of carboxylic acid groups (broad SMARTS) is 1. The molecule has 0 spiro atoms. The summed E-state index contributed by atoms with van der Waals surface area (Å²) in [6.07, 6.45) is 5.45. The average molecular weight is 280 g/mol. The van der Waals surface area contributed by atoms with E-state index in [4.69, 9.17) is 0 Å². The van der Waals surface area contributed by atoms with Gasteiger partial charge in [-0.25, -0.2) is 9.67 Å². The highest BCUT2D eigenvalue weighted by molar-refractivity contribution is 5.73. The summed E-state index contributed by atoms with van der Waals surface area (Å²) in [5, 5.41) is 13.6. The summed E-state index contributed by atoms with van der Waals surface area (Å²) in [5.41, 5.74) is 0.